The molecule has 0 aromatic carbocycles. The number of aliphatic hydroxyl groups is 1. The van der Waals surface area contributed by atoms with E-state index in [1.165, 1.54) is 25.7 Å². The Morgan fingerprint density at radius 1 is 1.23 bits per heavy atom. The first-order valence-electron chi connectivity index (χ1n) is 5.64. The molecule has 2 heteroatoms. The van der Waals surface area contributed by atoms with Crippen molar-refractivity contribution in [2.75, 3.05) is 13.1 Å². The largest absolute Gasteiger partial charge is 0.388 e. The Bertz CT molecular complexity index is 167. The van der Waals surface area contributed by atoms with Crippen LogP contribution >= 0.6 is 0 Å². The van der Waals surface area contributed by atoms with Gasteiger partial charge in [0.1, 0.15) is 0 Å². The molecular formula is C11H21NO. The van der Waals surface area contributed by atoms with Crippen LogP contribution in [-0.4, -0.2) is 23.8 Å². The van der Waals surface area contributed by atoms with Gasteiger partial charge in [-0.3, -0.25) is 0 Å². The van der Waals surface area contributed by atoms with Crippen molar-refractivity contribution in [3.05, 3.63) is 0 Å². The third-order valence-electron chi connectivity index (χ3n) is 3.94. The summed E-state index contributed by atoms with van der Waals surface area (Å²) in [6.45, 7) is 4.15. The summed E-state index contributed by atoms with van der Waals surface area (Å²) < 4.78 is 0. The van der Waals surface area contributed by atoms with Crippen LogP contribution in [0.2, 0.25) is 0 Å². The number of rotatable bonds is 1. The van der Waals surface area contributed by atoms with Crippen molar-refractivity contribution in [2.45, 2.75) is 44.6 Å². The van der Waals surface area contributed by atoms with Crippen LogP contribution < -0.4 is 5.32 Å². The van der Waals surface area contributed by atoms with Gasteiger partial charge in [-0.15, -0.1) is 0 Å². The Morgan fingerprint density at radius 3 is 2.46 bits per heavy atom. The average molecular weight is 183 g/mol. The molecular weight excluding hydrogens is 162 g/mol. The van der Waals surface area contributed by atoms with Gasteiger partial charge in [-0.25, -0.2) is 0 Å². The predicted octanol–water partition coefficient (Wildman–Crippen LogP) is 1.54. The van der Waals surface area contributed by atoms with E-state index in [1.54, 1.807) is 0 Å². The molecule has 2 N–H and O–H groups in total. The molecule has 1 unspecified atom stereocenters. The monoisotopic (exact) mass is 183 g/mol. The van der Waals surface area contributed by atoms with Crippen LogP contribution in [0, 0.1) is 11.8 Å². The standard InChI is InChI=1S/C11H21NO/c1-9-2-4-10(5-3-9)11(13)6-7-12-8-11/h9-10,12-13H,2-8H2,1H3. The molecule has 1 atom stereocenters. The van der Waals surface area contributed by atoms with Crippen molar-refractivity contribution in [1.82, 2.24) is 5.32 Å². The molecule has 0 aromatic heterocycles. The number of hydrogen-bond acceptors (Lipinski definition) is 2. The second kappa shape index (κ2) is 3.58. The lowest BCUT2D eigenvalue weighted by molar-refractivity contribution is -0.0198. The molecule has 2 nitrogen and oxygen atoms in total. The van der Waals surface area contributed by atoms with Gasteiger partial charge in [-0.1, -0.05) is 19.8 Å². The Labute approximate surface area is 80.7 Å². The Hall–Kier alpha value is -0.0800. The fraction of sp³-hybridized carbons (Fsp3) is 1.00. The van der Waals surface area contributed by atoms with E-state index in [-0.39, 0.29) is 5.60 Å². The number of hydrogen-bond donors (Lipinski definition) is 2. The Kier molecular flexibility index (Phi) is 2.61. The Morgan fingerprint density at radius 2 is 1.92 bits per heavy atom. The van der Waals surface area contributed by atoms with Crippen molar-refractivity contribution in [3.8, 4) is 0 Å². The first-order chi connectivity index (χ1) is 6.21. The van der Waals surface area contributed by atoms with E-state index in [9.17, 15) is 5.11 Å². The fourth-order valence-corrected chi connectivity index (χ4v) is 2.84. The molecule has 2 fully saturated rings. The fourth-order valence-electron chi connectivity index (χ4n) is 2.84. The van der Waals surface area contributed by atoms with Crippen molar-refractivity contribution in [3.63, 3.8) is 0 Å². The normalized spacial score (nSPS) is 46.6. The van der Waals surface area contributed by atoms with E-state index in [1.807, 2.05) is 0 Å². The summed E-state index contributed by atoms with van der Waals surface area (Å²) in [5.41, 5.74) is -0.361. The van der Waals surface area contributed by atoms with Crippen molar-refractivity contribution in [1.29, 1.82) is 0 Å². The molecule has 0 aromatic rings. The lowest BCUT2D eigenvalue weighted by Crippen LogP contribution is -2.41. The maximum absolute atomic E-state index is 10.3. The first kappa shape index (κ1) is 9.47. The topological polar surface area (TPSA) is 32.3 Å². The highest BCUT2D eigenvalue weighted by Gasteiger charge is 2.40. The third kappa shape index (κ3) is 1.89. The van der Waals surface area contributed by atoms with Gasteiger partial charge < -0.3 is 10.4 Å². The van der Waals surface area contributed by atoms with Gasteiger partial charge in [0.2, 0.25) is 0 Å². The molecule has 13 heavy (non-hydrogen) atoms. The molecule has 1 aliphatic heterocycles. The zero-order chi connectivity index (χ0) is 9.31. The SMILES string of the molecule is CC1CCC(C2(O)CCNC2)CC1. The van der Waals surface area contributed by atoms with Crippen LogP contribution in [0.5, 0.6) is 0 Å². The summed E-state index contributed by atoms with van der Waals surface area (Å²) in [6.07, 6.45) is 6.06. The molecule has 0 bridgehead atoms. The molecule has 1 aliphatic carbocycles. The summed E-state index contributed by atoms with van der Waals surface area (Å²) in [5, 5.41) is 13.6. The number of nitrogens with one attached hydrogen (secondary N) is 1. The van der Waals surface area contributed by atoms with E-state index < -0.39 is 0 Å². The van der Waals surface area contributed by atoms with Crippen molar-refractivity contribution < 1.29 is 5.11 Å². The highest BCUT2D eigenvalue weighted by atomic mass is 16.3. The zero-order valence-corrected chi connectivity index (χ0v) is 8.55. The lowest BCUT2D eigenvalue weighted by Gasteiger charge is -2.36. The van der Waals surface area contributed by atoms with E-state index in [0.717, 1.165) is 25.4 Å². The van der Waals surface area contributed by atoms with Crippen molar-refractivity contribution in [2.24, 2.45) is 11.8 Å². The number of β-amino-alcohol motifs (C(OH)–C–C–N with tert-alkyl or cyclic N) is 1. The maximum Gasteiger partial charge on any atom is 0.0811 e. The molecule has 0 radical (unpaired) electrons. The first-order valence-corrected chi connectivity index (χ1v) is 5.64. The molecule has 0 amide bonds. The Balaban J connectivity index is 1.93. The zero-order valence-electron chi connectivity index (χ0n) is 8.55. The van der Waals surface area contributed by atoms with Crippen LogP contribution in [-0.2, 0) is 0 Å². The summed E-state index contributed by atoms with van der Waals surface area (Å²) in [5.74, 6) is 1.45. The summed E-state index contributed by atoms with van der Waals surface area (Å²) >= 11 is 0. The third-order valence-corrected chi connectivity index (χ3v) is 3.94. The van der Waals surface area contributed by atoms with Gasteiger partial charge >= 0.3 is 0 Å². The minimum absolute atomic E-state index is 0.361. The van der Waals surface area contributed by atoms with Gasteiger partial charge in [0.25, 0.3) is 0 Å². The van der Waals surface area contributed by atoms with Gasteiger partial charge in [0.05, 0.1) is 5.60 Å². The van der Waals surface area contributed by atoms with Gasteiger partial charge in [-0.05, 0) is 37.6 Å². The highest BCUT2D eigenvalue weighted by Crippen LogP contribution is 2.37. The van der Waals surface area contributed by atoms with E-state index in [0.29, 0.717) is 5.92 Å². The maximum atomic E-state index is 10.3. The van der Waals surface area contributed by atoms with Crippen LogP contribution in [0.1, 0.15) is 39.0 Å². The van der Waals surface area contributed by atoms with Gasteiger partial charge in [0, 0.05) is 6.54 Å². The quantitative estimate of drug-likeness (QED) is 0.646. The van der Waals surface area contributed by atoms with Gasteiger partial charge in [0.15, 0.2) is 0 Å². The molecule has 2 rings (SSSR count). The van der Waals surface area contributed by atoms with Crippen LogP contribution in [0.3, 0.4) is 0 Å². The second-order valence-corrected chi connectivity index (χ2v) is 4.99. The van der Waals surface area contributed by atoms with E-state index >= 15 is 0 Å². The minimum Gasteiger partial charge on any atom is -0.388 e. The van der Waals surface area contributed by atoms with Crippen LogP contribution in [0.15, 0.2) is 0 Å². The molecule has 1 saturated heterocycles. The molecule has 76 valence electrons. The van der Waals surface area contributed by atoms with Gasteiger partial charge in [-0.2, -0.15) is 0 Å². The average Bonchev–Trinajstić information content (AvgIpc) is 2.54. The van der Waals surface area contributed by atoms with E-state index in [4.69, 9.17) is 0 Å². The molecule has 2 aliphatic rings. The highest BCUT2D eigenvalue weighted by molar-refractivity contribution is 4.95. The van der Waals surface area contributed by atoms with Crippen LogP contribution in [0.25, 0.3) is 0 Å². The predicted molar refractivity (Wildman–Crippen MR) is 53.6 cm³/mol. The summed E-state index contributed by atoms with van der Waals surface area (Å²) in [6, 6.07) is 0. The molecule has 0 spiro atoms. The smallest absolute Gasteiger partial charge is 0.0811 e. The van der Waals surface area contributed by atoms with E-state index in [2.05, 4.69) is 12.2 Å². The molecule has 1 heterocycles. The summed E-state index contributed by atoms with van der Waals surface area (Å²) in [4.78, 5) is 0. The summed E-state index contributed by atoms with van der Waals surface area (Å²) in [7, 11) is 0. The second-order valence-electron chi connectivity index (χ2n) is 4.99. The minimum atomic E-state index is -0.361. The van der Waals surface area contributed by atoms with Crippen LogP contribution in [0.4, 0.5) is 0 Å². The lowest BCUT2D eigenvalue weighted by atomic mass is 9.73. The van der Waals surface area contributed by atoms with Crippen molar-refractivity contribution >= 4 is 0 Å². The molecule has 1 saturated carbocycles.